The fraction of sp³-hybridized carbons (Fsp3) is 0.500. The number of amides is 1. The summed E-state index contributed by atoms with van der Waals surface area (Å²) in [5, 5.41) is 0. The minimum Gasteiger partial charge on any atom is -0.492 e. The van der Waals surface area contributed by atoms with E-state index in [2.05, 4.69) is 63.8 Å². The fourth-order valence-electron chi connectivity index (χ4n) is 5.16. The molecule has 1 amide bonds. The molecular formula is C26H37N3O2. The normalized spacial score (nSPS) is 19.9. The highest BCUT2D eigenvalue weighted by atomic mass is 16.5. The number of nitrogens with zero attached hydrogens (tertiary/aromatic N) is 2. The molecule has 1 aliphatic rings. The zero-order chi connectivity index (χ0) is 22.8. The van der Waals surface area contributed by atoms with Gasteiger partial charge in [-0.2, -0.15) is 0 Å². The summed E-state index contributed by atoms with van der Waals surface area (Å²) in [7, 11) is 0. The zero-order valence-corrected chi connectivity index (χ0v) is 19.9. The third kappa shape index (κ3) is 4.57. The van der Waals surface area contributed by atoms with Crippen molar-refractivity contribution in [3.63, 3.8) is 0 Å². The van der Waals surface area contributed by atoms with Gasteiger partial charge in [0.25, 0.3) is 0 Å². The molecule has 1 atom stereocenters. The summed E-state index contributed by atoms with van der Waals surface area (Å²) in [6.07, 6.45) is 0.804. The number of hydrogen-bond donors (Lipinski definition) is 1. The highest BCUT2D eigenvalue weighted by Gasteiger charge is 2.47. The Balaban J connectivity index is 1.91. The van der Waals surface area contributed by atoms with Gasteiger partial charge in [-0.25, -0.2) is 0 Å². The lowest BCUT2D eigenvalue weighted by molar-refractivity contribution is -0.117. The lowest BCUT2D eigenvalue weighted by Crippen LogP contribution is -2.55. The van der Waals surface area contributed by atoms with Gasteiger partial charge in [0.15, 0.2) is 0 Å². The third-order valence-corrected chi connectivity index (χ3v) is 6.62. The maximum atomic E-state index is 12.5. The van der Waals surface area contributed by atoms with E-state index in [4.69, 9.17) is 10.5 Å². The van der Waals surface area contributed by atoms with Gasteiger partial charge in [-0.3, -0.25) is 4.79 Å². The molecule has 0 saturated heterocycles. The van der Waals surface area contributed by atoms with E-state index in [0.717, 1.165) is 43.1 Å². The molecule has 0 radical (unpaired) electrons. The van der Waals surface area contributed by atoms with Crippen molar-refractivity contribution >= 4 is 17.3 Å². The fourth-order valence-corrected chi connectivity index (χ4v) is 5.16. The van der Waals surface area contributed by atoms with E-state index >= 15 is 0 Å². The molecular weight excluding hydrogens is 386 g/mol. The van der Waals surface area contributed by atoms with Gasteiger partial charge in [0.2, 0.25) is 5.91 Å². The Hall–Kier alpha value is -2.53. The van der Waals surface area contributed by atoms with Gasteiger partial charge in [-0.05, 0) is 74.8 Å². The van der Waals surface area contributed by atoms with Gasteiger partial charge >= 0.3 is 0 Å². The molecule has 1 aliphatic heterocycles. The van der Waals surface area contributed by atoms with E-state index in [1.165, 1.54) is 5.56 Å². The van der Waals surface area contributed by atoms with Gasteiger partial charge in [0.1, 0.15) is 12.4 Å². The Morgan fingerprint density at radius 2 is 1.74 bits per heavy atom. The van der Waals surface area contributed by atoms with Gasteiger partial charge in [0.05, 0.1) is 0 Å². The first-order valence-electron chi connectivity index (χ1n) is 11.3. The molecule has 0 saturated carbocycles. The molecule has 31 heavy (non-hydrogen) atoms. The largest absolute Gasteiger partial charge is 0.492 e. The maximum Gasteiger partial charge on any atom is 0.224 e. The van der Waals surface area contributed by atoms with Crippen molar-refractivity contribution < 1.29 is 9.53 Å². The van der Waals surface area contributed by atoms with Gasteiger partial charge in [-0.15, -0.1) is 0 Å². The number of likely N-dealkylation sites (N-methyl/N-ethyl adjacent to an activating group) is 1. The predicted octanol–water partition coefficient (Wildman–Crippen LogP) is 4.83. The molecule has 2 N–H and O–H groups in total. The van der Waals surface area contributed by atoms with Crippen LogP contribution in [0.4, 0.5) is 11.4 Å². The van der Waals surface area contributed by atoms with Gasteiger partial charge in [0, 0.05) is 35.8 Å². The lowest BCUT2D eigenvalue weighted by atomic mass is 9.65. The first-order chi connectivity index (χ1) is 14.6. The number of benzene rings is 2. The average molecular weight is 424 g/mol. The number of nitrogens with two attached hydrogens (primary N) is 1. The van der Waals surface area contributed by atoms with Gasteiger partial charge in [-0.1, -0.05) is 32.9 Å². The molecule has 0 aromatic heterocycles. The van der Waals surface area contributed by atoms with Crippen LogP contribution in [0.3, 0.4) is 0 Å². The van der Waals surface area contributed by atoms with Crippen LogP contribution in [0.15, 0.2) is 42.5 Å². The monoisotopic (exact) mass is 423 g/mol. The molecule has 1 unspecified atom stereocenters. The first-order valence-corrected chi connectivity index (χ1v) is 11.3. The van der Waals surface area contributed by atoms with Crippen LogP contribution in [-0.4, -0.2) is 42.6 Å². The summed E-state index contributed by atoms with van der Waals surface area (Å²) in [4.78, 5) is 16.8. The van der Waals surface area contributed by atoms with Crippen LogP contribution in [0.25, 0.3) is 0 Å². The minimum absolute atomic E-state index is 0.0509. The molecule has 168 valence electrons. The van der Waals surface area contributed by atoms with Crippen molar-refractivity contribution in [2.75, 3.05) is 36.9 Å². The van der Waals surface area contributed by atoms with Gasteiger partial charge < -0.3 is 20.3 Å². The van der Waals surface area contributed by atoms with E-state index in [1.807, 2.05) is 23.1 Å². The number of carbonyl (C=O) groups excluding carboxylic acids is 1. The molecule has 5 heteroatoms. The van der Waals surface area contributed by atoms with E-state index in [1.54, 1.807) is 6.92 Å². The number of fused-ring (bicyclic) bond motifs is 1. The van der Waals surface area contributed by atoms with E-state index < -0.39 is 0 Å². The molecule has 0 bridgehead atoms. The summed E-state index contributed by atoms with van der Waals surface area (Å²) < 4.78 is 5.98. The predicted molar refractivity (Wildman–Crippen MR) is 129 cm³/mol. The molecule has 2 aromatic carbocycles. The van der Waals surface area contributed by atoms with Crippen molar-refractivity contribution in [2.45, 2.75) is 58.9 Å². The zero-order valence-electron chi connectivity index (χ0n) is 19.9. The van der Waals surface area contributed by atoms with Crippen LogP contribution >= 0.6 is 0 Å². The number of anilines is 2. The van der Waals surface area contributed by atoms with Crippen molar-refractivity contribution in [2.24, 2.45) is 0 Å². The van der Waals surface area contributed by atoms with Crippen LogP contribution in [0, 0.1) is 0 Å². The second kappa shape index (κ2) is 8.91. The first kappa shape index (κ1) is 23.1. The number of carbonyl (C=O) groups is 1. The molecule has 0 aliphatic carbocycles. The maximum absolute atomic E-state index is 12.5. The Kier molecular flexibility index (Phi) is 6.65. The van der Waals surface area contributed by atoms with Crippen molar-refractivity contribution in [3.05, 3.63) is 53.6 Å². The number of ether oxygens (including phenoxy) is 1. The topological polar surface area (TPSA) is 58.8 Å². The SMILES string of the molecule is CCN(CC)CCOc1ccc(C2(C)CC(C)(C)N(C(C)=O)c3ccc(N)cc32)cc1. The Morgan fingerprint density at radius 3 is 2.32 bits per heavy atom. The minimum atomic E-state index is -0.317. The van der Waals surface area contributed by atoms with Crippen LogP contribution < -0.4 is 15.4 Å². The third-order valence-electron chi connectivity index (χ3n) is 6.62. The smallest absolute Gasteiger partial charge is 0.224 e. The summed E-state index contributed by atoms with van der Waals surface area (Å²) >= 11 is 0. The quantitative estimate of drug-likeness (QED) is 0.648. The Morgan fingerprint density at radius 1 is 1.10 bits per heavy atom. The molecule has 2 aromatic rings. The van der Waals surface area contributed by atoms with Crippen LogP contribution in [0.5, 0.6) is 5.75 Å². The summed E-state index contributed by atoms with van der Waals surface area (Å²) in [5.41, 5.74) is 9.54. The molecule has 5 nitrogen and oxygen atoms in total. The Bertz CT molecular complexity index is 919. The standard InChI is InChI=1S/C26H37N3O2/c1-7-28(8-2)15-16-31-22-12-9-20(10-13-22)26(6)18-25(4,5)29(19(3)30)24-14-11-21(27)17-23(24)26/h9-14,17H,7-8,15-16,18,27H2,1-6H3. The summed E-state index contributed by atoms with van der Waals surface area (Å²) in [6, 6.07) is 14.3. The lowest BCUT2D eigenvalue weighted by Gasteiger charge is -2.51. The highest BCUT2D eigenvalue weighted by Crippen LogP contribution is 2.51. The van der Waals surface area contributed by atoms with Crippen LogP contribution in [0.1, 0.15) is 59.1 Å². The molecule has 3 rings (SSSR count). The van der Waals surface area contributed by atoms with E-state index in [-0.39, 0.29) is 16.9 Å². The van der Waals surface area contributed by atoms with E-state index in [0.29, 0.717) is 12.3 Å². The highest BCUT2D eigenvalue weighted by molar-refractivity contribution is 5.95. The number of hydrogen-bond acceptors (Lipinski definition) is 4. The molecule has 0 fully saturated rings. The molecule has 1 heterocycles. The van der Waals surface area contributed by atoms with Crippen molar-refractivity contribution in [1.82, 2.24) is 4.90 Å². The van der Waals surface area contributed by atoms with Crippen molar-refractivity contribution in [3.8, 4) is 5.75 Å². The van der Waals surface area contributed by atoms with Crippen LogP contribution in [-0.2, 0) is 10.2 Å². The Labute approximate surface area is 187 Å². The summed E-state index contributed by atoms with van der Waals surface area (Å²) in [6.45, 7) is 16.2. The van der Waals surface area contributed by atoms with Crippen molar-refractivity contribution in [1.29, 1.82) is 0 Å². The van der Waals surface area contributed by atoms with E-state index in [9.17, 15) is 4.79 Å². The number of nitrogen functional groups attached to an aromatic ring is 1. The number of rotatable bonds is 7. The summed E-state index contributed by atoms with van der Waals surface area (Å²) in [5.74, 6) is 0.933. The second-order valence-electron chi connectivity index (χ2n) is 9.35. The van der Waals surface area contributed by atoms with Crippen LogP contribution in [0.2, 0.25) is 0 Å². The second-order valence-corrected chi connectivity index (χ2v) is 9.35. The average Bonchev–Trinajstić information content (AvgIpc) is 2.71. The molecule has 0 spiro atoms.